The number of aromatic nitrogens is 4. The van der Waals surface area contributed by atoms with E-state index in [1.165, 1.54) is 40.7 Å². The molecule has 2 heterocycles. The van der Waals surface area contributed by atoms with Crippen molar-refractivity contribution in [3.8, 4) is 0 Å². The number of fused-ring (bicyclic) bond motifs is 1. The number of hydrogen-bond donors (Lipinski definition) is 1. The van der Waals surface area contributed by atoms with E-state index < -0.39 is 16.0 Å². The fourth-order valence-corrected chi connectivity index (χ4v) is 3.67. The van der Waals surface area contributed by atoms with Crippen LogP contribution in [0.4, 0.5) is 11.6 Å². The Bertz CT molecular complexity index is 1270. The second-order valence-corrected chi connectivity index (χ2v) is 7.10. The summed E-state index contributed by atoms with van der Waals surface area (Å²) in [5, 5.41) is 14.9. The molecule has 1 aromatic carbocycles. The zero-order valence-corrected chi connectivity index (χ0v) is 16.2. The van der Waals surface area contributed by atoms with Crippen molar-refractivity contribution >= 4 is 29.0 Å². The van der Waals surface area contributed by atoms with Gasteiger partial charge in [0, 0.05) is 30.8 Å². The number of hydrazone groups is 1. The molecule has 0 saturated heterocycles. The van der Waals surface area contributed by atoms with E-state index in [2.05, 4.69) is 20.5 Å². The normalized spacial score (nSPS) is 14.6. The summed E-state index contributed by atoms with van der Waals surface area (Å²) in [6.45, 7) is 0. The van der Waals surface area contributed by atoms with Gasteiger partial charge >= 0.3 is 11.1 Å². The van der Waals surface area contributed by atoms with Crippen LogP contribution in [0.1, 0.15) is 37.3 Å². The molecule has 0 bridgehead atoms. The number of nitrogens with zero attached hydrogens (tertiary/aromatic N) is 6. The molecule has 1 aliphatic rings. The number of hydrogen-bond acceptors (Lipinski definition) is 8. The monoisotopic (exact) mass is 409 g/mol. The van der Waals surface area contributed by atoms with Gasteiger partial charge in [-0.1, -0.05) is 25.0 Å². The van der Waals surface area contributed by atoms with E-state index in [0.29, 0.717) is 16.7 Å². The van der Waals surface area contributed by atoms with Gasteiger partial charge in [0.1, 0.15) is 5.52 Å². The number of non-ortho nitro benzene ring substituents is 1. The molecular formula is C19H19N7O4. The van der Waals surface area contributed by atoms with Crippen LogP contribution in [0.3, 0.4) is 0 Å². The van der Waals surface area contributed by atoms with Gasteiger partial charge in [-0.25, -0.2) is 10.4 Å². The molecule has 0 radical (unpaired) electrons. The van der Waals surface area contributed by atoms with E-state index in [0.717, 1.165) is 25.7 Å². The Hall–Kier alpha value is -3.89. The van der Waals surface area contributed by atoms with Gasteiger partial charge in [-0.2, -0.15) is 10.1 Å². The Morgan fingerprint density at radius 2 is 2.03 bits per heavy atom. The molecule has 4 rings (SSSR count). The molecular weight excluding hydrogens is 390 g/mol. The van der Waals surface area contributed by atoms with Gasteiger partial charge in [0.05, 0.1) is 17.3 Å². The number of nitro benzene ring substituents is 1. The first-order valence-corrected chi connectivity index (χ1v) is 9.47. The molecule has 2 aromatic heterocycles. The standard InChI is InChI=1S/C19H19N7O4/c1-24-15-11-20-19(23-21-10-12-5-4-8-14(9-12)26(29)30)22-16(15)25(18(28)17(24)27)13-6-2-3-7-13/h4-5,8-11,13H,2-3,6-7H2,1H3,(H,20,22,23). The van der Waals surface area contributed by atoms with Gasteiger partial charge in [0.2, 0.25) is 5.95 Å². The second-order valence-electron chi connectivity index (χ2n) is 7.10. The largest absolute Gasteiger partial charge is 0.318 e. The molecule has 1 N–H and O–H groups in total. The van der Waals surface area contributed by atoms with Crippen molar-refractivity contribution in [2.75, 3.05) is 5.43 Å². The van der Waals surface area contributed by atoms with Crippen LogP contribution < -0.4 is 16.5 Å². The smallest absolute Gasteiger partial charge is 0.303 e. The SMILES string of the molecule is Cn1c(=O)c(=O)n(C2CCCC2)c2nc(NN=Cc3cccc([N+](=O)[O-])c3)ncc21. The molecule has 3 aromatic rings. The predicted octanol–water partition coefficient (Wildman–Crippen LogP) is 1.96. The van der Waals surface area contributed by atoms with E-state index in [4.69, 9.17) is 0 Å². The molecule has 11 nitrogen and oxygen atoms in total. The topological polar surface area (TPSA) is 137 Å². The Morgan fingerprint density at radius 1 is 1.27 bits per heavy atom. The third-order valence-corrected chi connectivity index (χ3v) is 5.19. The summed E-state index contributed by atoms with van der Waals surface area (Å²) in [5.74, 6) is 0.147. The van der Waals surface area contributed by atoms with Crippen LogP contribution in [0.25, 0.3) is 11.2 Å². The maximum Gasteiger partial charge on any atom is 0.318 e. The highest BCUT2D eigenvalue weighted by atomic mass is 16.6. The molecule has 1 aliphatic carbocycles. The summed E-state index contributed by atoms with van der Waals surface area (Å²) in [6, 6.07) is 5.95. The lowest BCUT2D eigenvalue weighted by atomic mass is 10.2. The fraction of sp³-hybridized carbons (Fsp3) is 0.316. The van der Waals surface area contributed by atoms with Gasteiger partial charge < -0.3 is 4.57 Å². The lowest BCUT2D eigenvalue weighted by Gasteiger charge is -2.17. The lowest BCUT2D eigenvalue weighted by molar-refractivity contribution is -0.384. The van der Waals surface area contributed by atoms with Crippen molar-refractivity contribution in [3.63, 3.8) is 0 Å². The molecule has 1 saturated carbocycles. The lowest BCUT2D eigenvalue weighted by Crippen LogP contribution is -2.42. The molecule has 0 amide bonds. The first kappa shape index (κ1) is 19.4. The molecule has 0 unspecified atom stereocenters. The van der Waals surface area contributed by atoms with Crippen molar-refractivity contribution in [1.29, 1.82) is 0 Å². The van der Waals surface area contributed by atoms with Crippen molar-refractivity contribution < 1.29 is 4.92 Å². The average molecular weight is 409 g/mol. The van der Waals surface area contributed by atoms with Crippen molar-refractivity contribution in [2.24, 2.45) is 12.1 Å². The highest BCUT2D eigenvalue weighted by Gasteiger charge is 2.23. The van der Waals surface area contributed by atoms with Crippen molar-refractivity contribution in [2.45, 2.75) is 31.7 Å². The zero-order valence-electron chi connectivity index (χ0n) is 16.2. The van der Waals surface area contributed by atoms with Crippen LogP contribution in [0.15, 0.2) is 45.2 Å². The highest BCUT2D eigenvalue weighted by Crippen LogP contribution is 2.29. The highest BCUT2D eigenvalue weighted by molar-refractivity contribution is 5.81. The van der Waals surface area contributed by atoms with Gasteiger partial charge in [-0.15, -0.1) is 0 Å². The number of anilines is 1. The summed E-state index contributed by atoms with van der Waals surface area (Å²) in [5.41, 5.74) is 2.80. The quantitative estimate of drug-likeness (QED) is 0.294. The van der Waals surface area contributed by atoms with E-state index >= 15 is 0 Å². The minimum atomic E-state index is -0.609. The molecule has 0 aliphatic heterocycles. The van der Waals surface area contributed by atoms with Gasteiger partial charge in [-0.3, -0.25) is 24.3 Å². The fourth-order valence-electron chi connectivity index (χ4n) is 3.67. The van der Waals surface area contributed by atoms with Crippen LogP contribution >= 0.6 is 0 Å². The van der Waals surface area contributed by atoms with Crippen molar-refractivity contribution in [1.82, 2.24) is 19.1 Å². The number of nitrogens with one attached hydrogen (secondary N) is 1. The third-order valence-electron chi connectivity index (χ3n) is 5.19. The first-order valence-electron chi connectivity index (χ1n) is 9.47. The number of benzene rings is 1. The van der Waals surface area contributed by atoms with E-state index in [9.17, 15) is 19.7 Å². The Morgan fingerprint density at radius 3 is 2.77 bits per heavy atom. The average Bonchev–Trinajstić information content (AvgIpc) is 3.27. The van der Waals surface area contributed by atoms with Gasteiger partial charge in [0.25, 0.3) is 5.69 Å². The third kappa shape index (κ3) is 3.56. The number of aryl methyl sites for hydroxylation is 1. The van der Waals surface area contributed by atoms with Crippen LogP contribution in [0.5, 0.6) is 0 Å². The Labute approximate surface area is 169 Å². The predicted molar refractivity (Wildman–Crippen MR) is 111 cm³/mol. The minimum absolute atomic E-state index is 0.0394. The summed E-state index contributed by atoms with van der Waals surface area (Å²) >= 11 is 0. The summed E-state index contributed by atoms with van der Waals surface area (Å²) in [6.07, 6.45) is 6.51. The van der Waals surface area contributed by atoms with E-state index in [-0.39, 0.29) is 17.7 Å². The zero-order chi connectivity index (χ0) is 21.3. The molecule has 0 atom stereocenters. The Balaban J connectivity index is 1.69. The van der Waals surface area contributed by atoms with Crippen LogP contribution in [0.2, 0.25) is 0 Å². The maximum absolute atomic E-state index is 12.7. The van der Waals surface area contributed by atoms with Crippen LogP contribution in [0, 0.1) is 10.1 Å². The molecule has 30 heavy (non-hydrogen) atoms. The van der Waals surface area contributed by atoms with Crippen molar-refractivity contribution in [3.05, 3.63) is 66.8 Å². The molecule has 11 heteroatoms. The number of nitro groups is 1. The molecule has 0 spiro atoms. The van der Waals surface area contributed by atoms with E-state index in [1.54, 1.807) is 12.1 Å². The van der Waals surface area contributed by atoms with E-state index in [1.807, 2.05) is 0 Å². The Kier molecular flexibility index (Phi) is 5.09. The first-order chi connectivity index (χ1) is 14.5. The maximum atomic E-state index is 12.7. The summed E-state index contributed by atoms with van der Waals surface area (Å²) in [7, 11) is 1.52. The second kappa shape index (κ2) is 7.85. The van der Waals surface area contributed by atoms with Crippen LogP contribution in [-0.2, 0) is 7.05 Å². The van der Waals surface area contributed by atoms with Gasteiger partial charge in [0.15, 0.2) is 5.65 Å². The number of rotatable bonds is 5. The molecule has 1 fully saturated rings. The summed E-state index contributed by atoms with van der Waals surface area (Å²) in [4.78, 5) is 44.0. The molecule has 154 valence electrons. The van der Waals surface area contributed by atoms with Crippen LogP contribution in [-0.4, -0.2) is 30.2 Å². The summed E-state index contributed by atoms with van der Waals surface area (Å²) < 4.78 is 2.72. The minimum Gasteiger partial charge on any atom is -0.303 e. The van der Waals surface area contributed by atoms with Gasteiger partial charge in [-0.05, 0) is 12.8 Å².